The average molecular weight is 214 g/mol. The second-order valence-electron chi connectivity index (χ2n) is 5.64. The van der Waals surface area contributed by atoms with Gasteiger partial charge in [-0.15, -0.1) is 0 Å². The van der Waals surface area contributed by atoms with Crippen LogP contribution >= 0.6 is 0 Å². The molecule has 0 aromatic heterocycles. The Morgan fingerprint density at radius 3 is 2.07 bits per heavy atom. The highest BCUT2D eigenvalue weighted by atomic mass is 15.2. The molecule has 2 heteroatoms. The van der Waals surface area contributed by atoms with Crippen molar-refractivity contribution in [1.82, 2.24) is 10.2 Å². The van der Waals surface area contributed by atoms with Crippen molar-refractivity contribution in [1.29, 1.82) is 0 Å². The molecule has 0 heterocycles. The number of rotatable bonds is 6. The second kappa shape index (κ2) is 6.49. The molecule has 0 aromatic carbocycles. The molecule has 1 N–H and O–H groups in total. The van der Waals surface area contributed by atoms with Gasteiger partial charge in [0.2, 0.25) is 0 Å². The highest BCUT2D eigenvalue weighted by Gasteiger charge is 2.24. The third kappa shape index (κ3) is 5.53. The third-order valence-corrected chi connectivity index (χ3v) is 3.41. The average Bonchev–Trinajstić information content (AvgIpc) is 2.14. The number of hydrogen-bond donors (Lipinski definition) is 1. The molecule has 0 saturated carbocycles. The minimum atomic E-state index is 0.360. The second-order valence-corrected chi connectivity index (χ2v) is 5.64. The zero-order valence-electron chi connectivity index (χ0n) is 11.7. The van der Waals surface area contributed by atoms with E-state index < -0.39 is 0 Å². The summed E-state index contributed by atoms with van der Waals surface area (Å²) in [5, 5.41) is 3.53. The molecule has 0 saturated heterocycles. The van der Waals surface area contributed by atoms with Crippen molar-refractivity contribution in [2.75, 3.05) is 20.1 Å². The Hall–Kier alpha value is -0.0800. The van der Waals surface area contributed by atoms with E-state index in [1.165, 1.54) is 6.42 Å². The summed E-state index contributed by atoms with van der Waals surface area (Å²) in [6, 6.07) is 1.25. The smallest absolute Gasteiger partial charge is 0.0192 e. The van der Waals surface area contributed by atoms with Crippen molar-refractivity contribution in [3.8, 4) is 0 Å². The first-order valence-electron chi connectivity index (χ1n) is 6.26. The Kier molecular flexibility index (Phi) is 6.46. The zero-order valence-corrected chi connectivity index (χ0v) is 11.7. The van der Waals surface area contributed by atoms with Crippen LogP contribution in [-0.2, 0) is 0 Å². The van der Waals surface area contributed by atoms with Crippen LogP contribution in [0.1, 0.15) is 48.0 Å². The van der Waals surface area contributed by atoms with E-state index in [0.717, 1.165) is 13.1 Å². The molecule has 0 aromatic rings. The monoisotopic (exact) mass is 214 g/mol. The predicted octanol–water partition coefficient (Wildman–Crippen LogP) is 2.74. The lowest BCUT2D eigenvalue weighted by Gasteiger charge is -2.37. The highest BCUT2D eigenvalue weighted by Crippen LogP contribution is 2.23. The van der Waals surface area contributed by atoms with E-state index >= 15 is 0 Å². The van der Waals surface area contributed by atoms with Crippen LogP contribution in [0.3, 0.4) is 0 Å². The van der Waals surface area contributed by atoms with Crippen molar-refractivity contribution in [3.63, 3.8) is 0 Å². The molecule has 0 bridgehead atoms. The van der Waals surface area contributed by atoms with Gasteiger partial charge in [0.05, 0.1) is 0 Å². The van der Waals surface area contributed by atoms with Gasteiger partial charge >= 0.3 is 0 Å². The molecular formula is C13H30N2. The summed E-state index contributed by atoms with van der Waals surface area (Å²) in [5.74, 6) is 0. The van der Waals surface area contributed by atoms with Crippen LogP contribution in [0.5, 0.6) is 0 Å². The molecule has 0 amide bonds. The van der Waals surface area contributed by atoms with Crippen molar-refractivity contribution in [2.45, 2.75) is 60.0 Å². The SMILES string of the molecule is CCNC(CC)CN(C)C(C)C(C)(C)C. The largest absolute Gasteiger partial charge is 0.313 e. The Bertz CT molecular complexity index is 160. The Labute approximate surface area is 96.4 Å². The van der Waals surface area contributed by atoms with E-state index in [9.17, 15) is 0 Å². The van der Waals surface area contributed by atoms with E-state index in [1.807, 2.05) is 0 Å². The predicted molar refractivity (Wildman–Crippen MR) is 69.3 cm³/mol. The summed E-state index contributed by atoms with van der Waals surface area (Å²) in [4.78, 5) is 2.47. The number of nitrogens with one attached hydrogen (secondary N) is 1. The van der Waals surface area contributed by atoms with Crippen molar-refractivity contribution in [3.05, 3.63) is 0 Å². The van der Waals surface area contributed by atoms with E-state index in [0.29, 0.717) is 17.5 Å². The molecule has 0 aliphatic rings. The summed E-state index contributed by atoms with van der Waals surface area (Å²) in [6.45, 7) is 15.9. The lowest BCUT2D eigenvalue weighted by atomic mass is 9.87. The summed E-state index contributed by atoms with van der Waals surface area (Å²) in [5.41, 5.74) is 0.360. The maximum atomic E-state index is 3.53. The fourth-order valence-electron chi connectivity index (χ4n) is 1.79. The Morgan fingerprint density at radius 2 is 1.73 bits per heavy atom. The van der Waals surface area contributed by atoms with Crippen molar-refractivity contribution < 1.29 is 0 Å². The summed E-state index contributed by atoms with van der Waals surface area (Å²) in [6.07, 6.45) is 1.20. The van der Waals surface area contributed by atoms with Crippen LogP contribution < -0.4 is 5.32 Å². The van der Waals surface area contributed by atoms with E-state index in [4.69, 9.17) is 0 Å². The molecule has 2 nitrogen and oxygen atoms in total. The quantitative estimate of drug-likeness (QED) is 0.731. The van der Waals surface area contributed by atoms with Gasteiger partial charge < -0.3 is 10.2 Å². The van der Waals surface area contributed by atoms with Crippen LogP contribution in [0, 0.1) is 5.41 Å². The van der Waals surface area contributed by atoms with Crippen molar-refractivity contribution in [2.24, 2.45) is 5.41 Å². The first-order chi connectivity index (χ1) is 6.82. The van der Waals surface area contributed by atoms with E-state index in [2.05, 4.69) is 58.8 Å². The topological polar surface area (TPSA) is 15.3 Å². The Balaban J connectivity index is 4.15. The van der Waals surface area contributed by atoms with Crippen molar-refractivity contribution >= 4 is 0 Å². The first-order valence-corrected chi connectivity index (χ1v) is 6.26. The first kappa shape index (κ1) is 14.9. The summed E-state index contributed by atoms with van der Waals surface area (Å²) in [7, 11) is 2.23. The molecule has 0 rings (SSSR count). The summed E-state index contributed by atoms with van der Waals surface area (Å²) < 4.78 is 0. The number of nitrogens with zero attached hydrogens (tertiary/aromatic N) is 1. The van der Waals surface area contributed by atoms with E-state index in [-0.39, 0.29) is 0 Å². The number of hydrogen-bond acceptors (Lipinski definition) is 2. The molecule has 15 heavy (non-hydrogen) atoms. The molecule has 0 aliphatic carbocycles. The molecule has 0 fully saturated rings. The number of likely N-dealkylation sites (N-methyl/N-ethyl adjacent to an activating group) is 2. The van der Waals surface area contributed by atoms with Gasteiger partial charge in [-0.2, -0.15) is 0 Å². The molecule has 0 radical (unpaired) electrons. The van der Waals surface area contributed by atoms with Crippen LogP contribution in [0.4, 0.5) is 0 Å². The fourth-order valence-corrected chi connectivity index (χ4v) is 1.79. The zero-order chi connectivity index (χ0) is 12.1. The van der Waals surface area contributed by atoms with Crippen LogP contribution in [0.2, 0.25) is 0 Å². The maximum Gasteiger partial charge on any atom is 0.0192 e. The molecular weight excluding hydrogens is 184 g/mol. The minimum Gasteiger partial charge on any atom is -0.313 e. The van der Waals surface area contributed by atoms with Crippen LogP contribution in [0.25, 0.3) is 0 Å². The normalized spacial score (nSPS) is 16.8. The molecule has 0 spiro atoms. The molecule has 2 atom stereocenters. The lowest BCUT2D eigenvalue weighted by molar-refractivity contribution is 0.128. The highest BCUT2D eigenvalue weighted by molar-refractivity contribution is 4.80. The van der Waals surface area contributed by atoms with E-state index in [1.54, 1.807) is 0 Å². The maximum absolute atomic E-state index is 3.53. The Morgan fingerprint density at radius 1 is 1.20 bits per heavy atom. The van der Waals surface area contributed by atoms with Gasteiger partial charge in [-0.1, -0.05) is 34.6 Å². The molecule has 0 aliphatic heterocycles. The third-order valence-electron chi connectivity index (χ3n) is 3.41. The lowest BCUT2D eigenvalue weighted by Crippen LogP contribution is -2.46. The van der Waals surface area contributed by atoms with Gasteiger partial charge in [0.1, 0.15) is 0 Å². The van der Waals surface area contributed by atoms with Gasteiger partial charge in [0.25, 0.3) is 0 Å². The van der Waals surface area contributed by atoms with Gasteiger partial charge in [0.15, 0.2) is 0 Å². The molecule has 92 valence electrons. The van der Waals surface area contributed by atoms with Crippen LogP contribution in [0.15, 0.2) is 0 Å². The van der Waals surface area contributed by atoms with Crippen LogP contribution in [-0.4, -0.2) is 37.1 Å². The van der Waals surface area contributed by atoms with Gasteiger partial charge in [0, 0.05) is 18.6 Å². The standard InChI is InChI=1S/C13H30N2/c1-8-12(14-9-2)10-15(7)11(3)13(4,5)6/h11-12,14H,8-10H2,1-7H3. The minimum absolute atomic E-state index is 0.360. The summed E-state index contributed by atoms with van der Waals surface area (Å²) >= 11 is 0. The molecule has 2 unspecified atom stereocenters. The van der Waals surface area contributed by atoms with Gasteiger partial charge in [-0.3, -0.25) is 0 Å². The van der Waals surface area contributed by atoms with Gasteiger partial charge in [-0.05, 0) is 32.4 Å². The fraction of sp³-hybridized carbons (Fsp3) is 1.00. The van der Waals surface area contributed by atoms with Gasteiger partial charge in [-0.25, -0.2) is 0 Å².